The number of hydrogen-bond acceptors (Lipinski definition) is 4. The van der Waals surface area contributed by atoms with Gasteiger partial charge in [0.2, 0.25) is 5.78 Å². The van der Waals surface area contributed by atoms with Crippen LogP contribution in [0.2, 0.25) is 0 Å². The summed E-state index contributed by atoms with van der Waals surface area (Å²) in [4.78, 5) is 30.4. The molecule has 3 aromatic carbocycles. The second kappa shape index (κ2) is 8.33. The van der Waals surface area contributed by atoms with Crippen LogP contribution in [0.25, 0.3) is 0 Å². The van der Waals surface area contributed by atoms with Gasteiger partial charge in [0, 0.05) is 28.2 Å². The summed E-state index contributed by atoms with van der Waals surface area (Å²) in [6.45, 7) is 0. The van der Waals surface area contributed by atoms with Gasteiger partial charge in [-0.3, -0.25) is 14.6 Å². The molecule has 1 aliphatic carbocycles. The van der Waals surface area contributed by atoms with Crippen LogP contribution in [0.3, 0.4) is 0 Å². The quantitative estimate of drug-likeness (QED) is 0.444. The third-order valence-electron chi connectivity index (χ3n) is 5.44. The van der Waals surface area contributed by atoms with E-state index in [0.717, 1.165) is 15.9 Å². The van der Waals surface area contributed by atoms with E-state index in [9.17, 15) is 9.59 Å². The maximum atomic E-state index is 13.4. The van der Waals surface area contributed by atoms with Crippen molar-refractivity contribution >= 4 is 34.5 Å². The van der Waals surface area contributed by atoms with Gasteiger partial charge < -0.3 is 0 Å². The SMILES string of the molecule is O=C1C=C(N=P(c2ccccc2)(c2ccccc2)c2ccccc2)C(=O)c2ncccc21. The van der Waals surface area contributed by atoms with E-state index in [1.807, 2.05) is 91.0 Å². The van der Waals surface area contributed by atoms with Crippen molar-refractivity contribution in [2.45, 2.75) is 0 Å². The van der Waals surface area contributed by atoms with E-state index in [-0.39, 0.29) is 23.0 Å². The molecule has 0 spiro atoms. The Balaban J connectivity index is 1.87. The standard InChI is InChI=1S/C27H19N2O2P/c30-25-19-24(27(31)26-23(25)17-10-18-28-26)29-32(20-11-4-1-5-12-20,21-13-6-2-7-14-21)22-15-8-3-9-16-22/h1-19H. The van der Waals surface area contributed by atoms with Crippen molar-refractivity contribution in [1.29, 1.82) is 0 Å². The highest BCUT2D eigenvalue weighted by Gasteiger charge is 2.32. The Morgan fingerprint density at radius 1 is 0.625 bits per heavy atom. The zero-order chi connectivity index (χ0) is 22.0. The Morgan fingerprint density at radius 2 is 1.12 bits per heavy atom. The Kier molecular flexibility index (Phi) is 5.22. The molecule has 0 N–H and O–H groups in total. The molecule has 0 radical (unpaired) electrons. The van der Waals surface area contributed by atoms with Gasteiger partial charge >= 0.3 is 0 Å². The summed E-state index contributed by atoms with van der Waals surface area (Å²) >= 11 is 0. The molecule has 5 rings (SSSR count). The van der Waals surface area contributed by atoms with Crippen LogP contribution < -0.4 is 15.9 Å². The molecular formula is C27H19N2O2P. The minimum absolute atomic E-state index is 0.145. The molecule has 0 fully saturated rings. The van der Waals surface area contributed by atoms with Crippen LogP contribution in [0, 0.1) is 0 Å². The van der Waals surface area contributed by atoms with E-state index in [1.165, 1.54) is 12.3 Å². The number of carbonyl (C=O) groups excluding carboxylic acids is 2. The van der Waals surface area contributed by atoms with Crippen LogP contribution in [0.1, 0.15) is 20.8 Å². The highest BCUT2D eigenvalue weighted by atomic mass is 31.2. The zero-order valence-electron chi connectivity index (χ0n) is 17.1. The smallest absolute Gasteiger partial charge is 0.230 e. The van der Waals surface area contributed by atoms with Crippen LogP contribution in [0.4, 0.5) is 0 Å². The molecule has 0 atom stereocenters. The van der Waals surface area contributed by atoms with Gasteiger partial charge in [-0.2, -0.15) is 0 Å². The topological polar surface area (TPSA) is 59.4 Å². The van der Waals surface area contributed by atoms with E-state index in [2.05, 4.69) is 4.98 Å². The monoisotopic (exact) mass is 434 g/mol. The largest absolute Gasteiger partial charge is 0.289 e. The van der Waals surface area contributed by atoms with Crippen LogP contribution in [-0.4, -0.2) is 16.6 Å². The fourth-order valence-corrected chi connectivity index (χ4v) is 7.48. The first-order valence-electron chi connectivity index (χ1n) is 10.2. The molecular weight excluding hydrogens is 415 g/mol. The lowest BCUT2D eigenvalue weighted by atomic mass is 9.98. The fraction of sp³-hybridized carbons (Fsp3) is 0. The molecule has 0 saturated heterocycles. The second-order valence-electron chi connectivity index (χ2n) is 7.36. The molecule has 0 amide bonds. The molecule has 0 saturated carbocycles. The minimum Gasteiger partial charge on any atom is -0.289 e. The number of Topliss-reactive ketones (excluding diaryl/α,β-unsaturated/α-hetero) is 1. The predicted molar refractivity (Wildman–Crippen MR) is 129 cm³/mol. The summed E-state index contributed by atoms with van der Waals surface area (Å²) in [7, 11) is -2.64. The molecule has 4 nitrogen and oxygen atoms in total. The summed E-state index contributed by atoms with van der Waals surface area (Å²) in [6, 6.07) is 33.3. The van der Waals surface area contributed by atoms with E-state index in [1.54, 1.807) is 12.1 Å². The first-order chi connectivity index (χ1) is 15.7. The molecule has 0 bridgehead atoms. The van der Waals surface area contributed by atoms with Crippen LogP contribution in [0.5, 0.6) is 0 Å². The van der Waals surface area contributed by atoms with E-state index < -0.39 is 7.05 Å². The molecule has 4 aromatic rings. The number of allylic oxidation sites excluding steroid dienone is 2. The maximum Gasteiger partial charge on any atom is 0.230 e. The highest BCUT2D eigenvalue weighted by Crippen LogP contribution is 2.48. The molecule has 154 valence electrons. The minimum atomic E-state index is -2.64. The van der Waals surface area contributed by atoms with Gasteiger partial charge in [0.05, 0.1) is 12.6 Å². The number of aromatic nitrogens is 1. The van der Waals surface area contributed by atoms with E-state index in [4.69, 9.17) is 4.74 Å². The van der Waals surface area contributed by atoms with Crippen molar-refractivity contribution in [1.82, 2.24) is 4.98 Å². The van der Waals surface area contributed by atoms with Gasteiger partial charge in [-0.05, 0) is 12.1 Å². The first kappa shape index (κ1) is 20.0. The van der Waals surface area contributed by atoms with Gasteiger partial charge in [0.1, 0.15) is 11.4 Å². The number of benzene rings is 3. The van der Waals surface area contributed by atoms with Crippen molar-refractivity contribution in [3.63, 3.8) is 0 Å². The van der Waals surface area contributed by atoms with Crippen molar-refractivity contribution in [2.75, 3.05) is 0 Å². The van der Waals surface area contributed by atoms with Gasteiger partial charge in [-0.1, -0.05) is 91.0 Å². The third-order valence-corrected chi connectivity index (χ3v) is 9.09. The zero-order valence-corrected chi connectivity index (χ0v) is 18.0. The molecule has 0 aliphatic heterocycles. The summed E-state index contributed by atoms with van der Waals surface area (Å²) in [5, 5.41) is 3.01. The van der Waals surface area contributed by atoms with Gasteiger partial charge in [0.25, 0.3) is 0 Å². The lowest BCUT2D eigenvalue weighted by Crippen LogP contribution is -2.26. The molecule has 1 aliphatic rings. The molecule has 0 unspecified atom stereocenters. The fourth-order valence-electron chi connectivity index (χ4n) is 3.96. The van der Waals surface area contributed by atoms with Crippen molar-refractivity contribution < 1.29 is 9.59 Å². The Bertz CT molecular complexity index is 1290. The van der Waals surface area contributed by atoms with Crippen LogP contribution >= 0.6 is 7.05 Å². The number of pyridine rings is 1. The van der Waals surface area contributed by atoms with Crippen LogP contribution in [0.15, 0.2) is 126 Å². The normalized spacial score (nSPS) is 13.3. The van der Waals surface area contributed by atoms with Crippen molar-refractivity contribution in [3.8, 4) is 0 Å². The molecule has 1 aromatic heterocycles. The Hall–Kier alpha value is -3.88. The number of nitrogens with zero attached hydrogens (tertiary/aromatic N) is 2. The summed E-state index contributed by atoms with van der Waals surface area (Å²) in [5.41, 5.74) is 0.622. The summed E-state index contributed by atoms with van der Waals surface area (Å²) in [6.07, 6.45) is 2.89. The lowest BCUT2D eigenvalue weighted by Gasteiger charge is -2.27. The molecule has 32 heavy (non-hydrogen) atoms. The van der Waals surface area contributed by atoms with E-state index >= 15 is 0 Å². The summed E-state index contributed by atoms with van der Waals surface area (Å²) < 4.78 is 5.17. The maximum absolute atomic E-state index is 13.4. The Morgan fingerprint density at radius 3 is 1.62 bits per heavy atom. The molecule has 5 heteroatoms. The van der Waals surface area contributed by atoms with Gasteiger partial charge in [0.15, 0.2) is 5.78 Å². The van der Waals surface area contributed by atoms with Crippen molar-refractivity contribution in [2.24, 2.45) is 4.74 Å². The second-order valence-corrected chi connectivity index (χ2v) is 10.4. The summed E-state index contributed by atoms with van der Waals surface area (Å²) in [5.74, 6) is -0.578. The number of carbonyl (C=O) groups is 2. The number of ketones is 2. The third kappa shape index (κ3) is 3.35. The predicted octanol–water partition coefficient (Wildman–Crippen LogP) is 4.52. The number of fused-ring (bicyclic) bond motifs is 1. The lowest BCUT2D eigenvalue weighted by molar-refractivity contribution is 0.0979. The number of rotatable bonds is 4. The van der Waals surface area contributed by atoms with Crippen molar-refractivity contribution in [3.05, 3.63) is 132 Å². The molecule has 1 heterocycles. The highest BCUT2D eigenvalue weighted by molar-refractivity contribution is 7.87. The average Bonchev–Trinajstić information content (AvgIpc) is 2.87. The van der Waals surface area contributed by atoms with E-state index in [0.29, 0.717) is 5.56 Å². The Labute approximate surface area is 186 Å². The van der Waals surface area contributed by atoms with Crippen LogP contribution in [-0.2, 0) is 0 Å². The van der Waals surface area contributed by atoms with Gasteiger partial charge in [-0.25, -0.2) is 4.74 Å². The first-order valence-corrected chi connectivity index (χ1v) is 12.0. The number of hydrogen-bond donors (Lipinski definition) is 0. The van der Waals surface area contributed by atoms with Gasteiger partial charge in [-0.15, -0.1) is 0 Å². The average molecular weight is 434 g/mol.